The van der Waals surface area contributed by atoms with Crippen molar-refractivity contribution in [2.75, 3.05) is 6.61 Å². The molecular weight excluding hydrogens is 312 g/mol. The Morgan fingerprint density at radius 2 is 1.32 bits per heavy atom. The summed E-state index contributed by atoms with van der Waals surface area (Å²) in [5.41, 5.74) is 2.25. The zero-order chi connectivity index (χ0) is 18.5. The molecule has 3 heteroatoms. The summed E-state index contributed by atoms with van der Waals surface area (Å²) in [6, 6.07) is 1.75. The van der Waals surface area contributed by atoms with E-state index < -0.39 is 0 Å². The third-order valence-corrected chi connectivity index (χ3v) is 4.80. The van der Waals surface area contributed by atoms with Crippen molar-refractivity contribution in [3.05, 3.63) is 17.2 Å². The largest absolute Gasteiger partial charge is 0.504 e. The maximum atomic E-state index is 10.2. The van der Waals surface area contributed by atoms with Crippen LogP contribution in [-0.2, 0) is 12.8 Å². The molecule has 0 amide bonds. The van der Waals surface area contributed by atoms with Crippen molar-refractivity contribution in [2.24, 2.45) is 0 Å². The van der Waals surface area contributed by atoms with E-state index in [0.29, 0.717) is 12.4 Å². The Hall–Kier alpha value is -1.38. The number of phenols is 2. The minimum atomic E-state index is -0.0971. The molecule has 25 heavy (non-hydrogen) atoms. The van der Waals surface area contributed by atoms with Crippen LogP contribution in [0.3, 0.4) is 0 Å². The van der Waals surface area contributed by atoms with E-state index in [1.54, 1.807) is 6.07 Å². The van der Waals surface area contributed by atoms with E-state index in [9.17, 15) is 10.2 Å². The van der Waals surface area contributed by atoms with E-state index in [2.05, 4.69) is 13.8 Å². The van der Waals surface area contributed by atoms with E-state index in [1.165, 1.54) is 51.4 Å². The molecular formula is C22H38O3. The molecule has 0 saturated carbocycles. The van der Waals surface area contributed by atoms with Crippen LogP contribution in [0.15, 0.2) is 6.07 Å². The summed E-state index contributed by atoms with van der Waals surface area (Å²) in [5, 5.41) is 20.3. The summed E-state index contributed by atoms with van der Waals surface area (Å²) in [7, 11) is 0. The van der Waals surface area contributed by atoms with Gasteiger partial charge in [0.2, 0.25) is 5.75 Å². The Morgan fingerprint density at radius 3 is 1.88 bits per heavy atom. The molecule has 1 aromatic carbocycles. The van der Waals surface area contributed by atoms with Gasteiger partial charge in [-0.05, 0) is 44.2 Å². The van der Waals surface area contributed by atoms with Gasteiger partial charge in [0, 0.05) is 5.56 Å². The van der Waals surface area contributed by atoms with E-state index in [4.69, 9.17) is 4.74 Å². The average Bonchev–Trinajstić information content (AvgIpc) is 2.60. The number of hydrogen-bond donors (Lipinski definition) is 2. The number of unbranched alkanes of at least 4 members (excludes halogenated alkanes) is 8. The molecule has 0 aromatic heterocycles. The highest BCUT2D eigenvalue weighted by atomic mass is 16.5. The molecule has 0 aliphatic heterocycles. The molecule has 2 N–H and O–H groups in total. The normalized spacial score (nSPS) is 11.0. The first-order valence-electron chi connectivity index (χ1n) is 10.3. The predicted octanol–water partition coefficient (Wildman–Crippen LogP) is 6.52. The fourth-order valence-electron chi connectivity index (χ4n) is 3.35. The van der Waals surface area contributed by atoms with Crippen molar-refractivity contribution in [3.8, 4) is 17.2 Å². The van der Waals surface area contributed by atoms with Crippen molar-refractivity contribution in [1.29, 1.82) is 0 Å². The van der Waals surface area contributed by atoms with E-state index in [0.717, 1.165) is 36.8 Å². The summed E-state index contributed by atoms with van der Waals surface area (Å²) >= 11 is 0. The molecule has 0 unspecified atom stereocenters. The summed E-state index contributed by atoms with van der Waals surface area (Å²) in [5.74, 6) is 0.350. The molecule has 1 aromatic rings. The maximum absolute atomic E-state index is 10.2. The van der Waals surface area contributed by atoms with Crippen molar-refractivity contribution in [2.45, 2.75) is 97.8 Å². The third kappa shape index (κ3) is 7.58. The van der Waals surface area contributed by atoms with E-state index in [-0.39, 0.29) is 11.5 Å². The predicted molar refractivity (Wildman–Crippen MR) is 106 cm³/mol. The molecule has 0 bridgehead atoms. The molecule has 0 aliphatic carbocycles. The van der Waals surface area contributed by atoms with Gasteiger partial charge in [-0.25, -0.2) is 0 Å². The lowest BCUT2D eigenvalue weighted by atomic mass is 9.94. The van der Waals surface area contributed by atoms with Crippen LogP contribution in [0.2, 0.25) is 0 Å². The van der Waals surface area contributed by atoms with Crippen LogP contribution in [0, 0.1) is 0 Å². The highest BCUT2D eigenvalue weighted by Gasteiger charge is 2.18. The number of phenolic OH excluding ortho intramolecular Hbond substituents is 2. The second-order valence-corrected chi connectivity index (χ2v) is 6.97. The second-order valence-electron chi connectivity index (χ2n) is 6.97. The first-order valence-corrected chi connectivity index (χ1v) is 10.3. The third-order valence-electron chi connectivity index (χ3n) is 4.80. The Bertz CT molecular complexity index is 483. The zero-order valence-electron chi connectivity index (χ0n) is 16.6. The highest BCUT2D eigenvalue weighted by Crippen LogP contribution is 2.42. The molecule has 0 radical (unpaired) electrons. The molecule has 144 valence electrons. The van der Waals surface area contributed by atoms with Gasteiger partial charge in [0.1, 0.15) is 0 Å². The van der Waals surface area contributed by atoms with Crippen molar-refractivity contribution in [1.82, 2.24) is 0 Å². The number of benzene rings is 1. The van der Waals surface area contributed by atoms with Gasteiger partial charge in [-0.15, -0.1) is 0 Å². The average molecular weight is 351 g/mol. The minimum absolute atomic E-state index is 0.0539. The van der Waals surface area contributed by atoms with E-state index in [1.807, 2.05) is 6.92 Å². The van der Waals surface area contributed by atoms with Gasteiger partial charge in [0.25, 0.3) is 0 Å². The second kappa shape index (κ2) is 12.9. The smallest absolute Gasteiger partial charge is 0.200 e. The van der Waals surface area contributed by atoms with Gasteiger partial charge in [-0.2, -0.15) is 0 Å². The first kappa shape index (κ1) is 21.7. The first-order chi connectivity index (χ1) is 12.2. The van der Waals surface area contributed by atoms with Crippen LogP contribution >= 0.6 is 0 Å². The van der Waals surface area contributed by atoms with Crippen LogP contribution in [-0.4, -0.2) is 16.8 Å². The summed E-state index contributed by atoms with van der Waals surface area (Å²) in [6.45, 7) is 6.86. The Balaban J connectivity index is 2.83. The molecule has 0 aliphatic rings. The van der Waals surface area contributed by atoms with Crippen molar-refractivity contribution in [3.63, 3.8) is 0 Å². The number of aromatic hydroxyl groups is 2. The standard InChI is InChI=1S/C22H38O3/c1-4-7-9-11-13-15-18-17-20(23)21(24)22(25-6-3)19(18)16-14-12-10-8-5-2/h17,23-24H,4-16H2,1-3H3. The monoisotopic (exact) mass is 350 g/mol. The topological polar surface area (TPSA) is 49.7 Å². The van der Waals surface area contributed by atoms with Crippen LogP contribution in [0.25, 0.3) is 0 Å². The summed E-state index contributed by atoms with van der Waals surface area (Å²) < 4.78 is 5.70. The lowest BCUT2D eigenvalue weighted by molar-refractivity contribution is 0.304. The van der Waals surface area contributed by atoms with Crippen LogP contribution in [0.1, 0.15) is 96.1 Å². The molecule has 0 heterocycles. The van der Waals surface area contributed by atoms with Gasteiger partial charge in [0.15, 0.2) is 11.5 Å². The number of hydrogen-bond acceptors (Lipinski definition) is 3. The molecule has 0 saturated heterocycles. The molecule has 0 spiro atoms. The van der Waals surface area contributed by atoms with Gasteiger partial charge >= 0.3 is 0 Å². The Kier molecular flexibility index (Phi) is 11.2. The Morgan fingerprint density at radius 1 is 0.760 bits per heavy atom. The highest BCUT2D eigenvalue weighted by molar-refractivity contribution is 5.57. The Labute approximate surface area is 154 Å². The number of ether oxygens (including phenoxy) is 1. The fraction of sp³-hybridized carbons (Fsp3) is 0.727. The van der Waals surface area contributed by atoms with Crippen LogP contribution in [0.4, 0.5) is 0 Å². The number of aryl methyl sites for hydroxylation is 1. The van der Waals surface area contributed by atoms with Gasteiger partial charge in [0.05, 0.1) is 6.61 Å². The van der Waals surface area contributed by atoms with Gasteiger partial charge < -0.3 is 14.9 Å². The van der Waals surface area contributed by atoms with Gasteiger partial charge in [-0.3, -0.25) is 0 Å². The molecule has 0 atom stereocenters. The molecule has 1 rings (SSSR count). The quantitative estimate of drug-likeness (QED) is 0.296. The lowest BCUT2D eigenvalue weighted by Gasteiger charge is -2.18. The van der Waals surface area contributed by atoms with Crippen LogP contribution < -0.4 is 4.74 Å². The lowest BCUT2D eigenvalue weighted by Crippen LogP contribution is -2.03. The SMILES string of the molecule is CCCCCCCc1cc(O)c(O)c(OCC)c1CCCCCCC. The minimum Gasteiger partial charge on any atom is -0.504 e. The van der Waals surface area contributed by atoms with E-state index >= 15 is 0 Å². The number of rotatable bonds is 14. The van der Waals surface area contributed by atoms with Gasteiger partial charge in [-0.1, -0.05) is 65.2 Å². The molecule has 0 fully saturated rings. The fourth-order valence-corrected chi connectivity index (χ4v) is 3.35. The summed E-state index contributed by atoms with van der Waals surface area (Å²) in [4.78, 5) is 0. The molecule has 3 nitrogen and oxygen atoms in total. The zero-order valence-corrected chi connectivity index (χ0v) is 16.6. The summed E-state index contributed by atoms with van der Waals surface area (Å²) in [6.07, 6.45) is 14.1. The van der Waals surface area contributed by atoms with Crippen molar-refractivity contribution < 1.29 is 14.9 Å². The van der Waals surface area contributed by atoms with Crippen LogP contribution in [0.5, 0.6) is 17.2 Å². The maximum Gasteiger partial charge on any atom is 0.200 e. The van der Waals surface area contributed by atoms with Crippen molar-refractivity contribution >= 4 is 0 Å².